The summed E-state index contributed by atoms with van der Waals surface area (Å²) in [7, 11) is 2.33. The minimum absolute atomic E-state index is 0.0338. The maximum Gasteiger partial charge on any atom is 0.0973 e. The fraction of sp³-hybridized carbons (Fsp3) is 0.818. The van der Waals surface area contributed by atoms with E-state index in [-0.39, 0.29) is 6.10 Å². The molecular weight excluding hydrogens is 162 g/mol. The number of quaternary nitrogens is 1. The minimum atomic E-state index is -0.0338. The van der Waals surface area contributed by atoms with Gasteiger partial charge in [-0.2, -0.15) is 0 Å². The first-order valence-electron chi connectivity index (χ1n) is 5.30. The first-order chi connectivity index (χ1) is 6.16. The highest BCUT2D eigenvalue weighted by Crippen LogP contribution is 2.40. The van der Waals surface area contributed by atoms with Crippen LogP contribution in [0.4, 0.5) is 0 Å². The highest BCUT2D eigenvalue weighted by Gasteiger charge is 2.50. The summed E-state index contributed by atoms with van der Waals surface area (Å²) in [6.07, 6.45) is 6.59. The maximum absolute atomic E-state index is 9.65. The van der Waals surface area contributed by atoms with Gasteiger partial charge in [-0.05, 0) is 6.08 Å². The Bertz CT molecular complexity index is 200. The molecule has 0 aromatic heterocycles. The van der Waals surface area contributed by atoms with Crippen LogP contribution in [0.5, 0.6) is 0 Å². The Balaban J connectivity index is 2.17. The number of hydrogen-bond donors (Lipinski definition) is 1. The average molecular weight is 182 g/mol. The SMILES string of the molecule is C=CC[N+]1(C)[C@H]2CC[C@H]1CC(O)C2. The molecule has 0 saturated carbocycles. The van der Waals surface area contributed by atoms with Crippen LogP contribution in [0.2, 0.25) is 0 Å². The van der Waals surface area contributed by atoms with Crippen molar-refractivity contribution in [3.8, 4) is 0 Å². The van der Waals surface area contributed by atoms with Crippen LogP contribution in [-0.2, 0) is 0 Å². The van der Waals surface area contributed by atoms with Crippen LogP contribution in [0.3, 0.4) is 0 Å². The molecular formula is C11H20NO+. The Morgan fingerprint density at radius 1 is 1.38 bits per heavy atom. The van der Waals surface area contributed by atoms with Crippen molar-refractivity contribution in [2.45, 2.75) is 43.9 Å². The maximum atomic E-state index is 9.65. The van der Waals surface area contributed by atoms with Gasteiger partial charge in [-0.3, -0.25) is 0 Å². The van der Waals surface area contributed by atoms with E-state index in [9.17, 15) is 5.11 Å². The Labute approximate surface area is 80.5 Å². The van der Waals surface area contributed by atoms with E-state index in [1.807, 2.05) is 6.08 Å². The fourth-order valence-electron chi connectivity index (χ4n) is 3.29. The molecule has 2 heteroatoms. The molecule has 2 fully saturated rings. The lowest BCUT2D eigenvalue weighted by Crippen LogP contribution is -2.58. The van der Waals surface area contributed by atoms with Gasteiger partial charge in [-0.25, -0.2) is 0 Å². The van der Waals surface area contributed by atoms with Crippen molar-refractivity contribution >= 4 is 0 Å². The number of nitrogens with zero attached hydrogens (tertiary/aromatic N) is 1. The molecule has 0 aromatic carbocycles. The van der Waals surface area contributed by atoms with Crippen LogP contribution in [0.15, 0.2) is 12.7 Å². The van der Waals surface area contributed by atoms with E-state index in [1.165, 1.54) is 12.8 Å². The summed E-state index contributed by atoms with van der Waals surface area (Å²) >= 11 is 0. The number of piperidine rings is 1. The third-order valence-electron chi connectivity index (χ3n) is 4.11. The lowest BCUT2D eigenvalue weighted by atomic mass is 9.97. The second-order valence-electron chi connectivity index (χ2n) is 4.83. The van der Waals surface area contributed by atoms with E-state index in [1.54, 1.807) is 0 Å². The summed E-state index contributed by atoms with van der Waals surface area (Å²) in [4.78, 5) is 0. The van der Waals surface area contributed by atoms with E-state index >= 15 is 0 Å². The Morgan fingerprint density at radius 3 is 2.38 bits per heavy atom. The molecule has 0 aliphatic carbocycles. The lowest BCUT2D eigenvalue weighted by Gasteiger charge is -2.45. The normalized spacial score (nSPS) is 49.2. The highest BCUT2D eigenvalue weighted by atomic mass is 16.3. The van der Waals surface area contributed by atoms with Gasteiger partial charge in [0.25, 0.3) is 0 Å². The molecule has 0 spiro atoms. The zero-order chi connectivity index (χ0) is 9.47. The Kier molecular flexibility index (Phi) is 2.20. The zero-order valence-corrected chi connectivity index (χ0v) is 8.45. The number of rotatable bonds is 2. The summed E-state index contributed by atoms with van der Waals surface area (Å²) in [6, 6.07) is 1.37. The van der Waals surface area contributed by atoms with Gasteiger partial charge >= 0.3 is 0 Å². The fourth-order valence-corrected chi connectivity index (χ4v) is 3.29. The zero-order valence-electron chi connectivity index (χ0n) is 8.45. The van der Waals surface area contributed by atoms with Gasteiger partial charge in [-0.1, -0.05) is 6.58 Å². The second kappa shape index (κ2) is 3.10. The Hall–Kier alpha value is -0.340. The van der Waals surface area contributed by atoms with Crippen molar-refractivity contribution in [1.29, 1.82) is 0 Å². The summed E-state index contributed by atoms with van der Waals surface area (Å²) < 4.78 is 1.14. The van der Waals surface area contributed by atoms with E-state index in [2.05, 4.69) is 13.6 Å². The number of fused-ring (bicyclic) bond motifs is 2. The third-order valence-corrected chi connectivity index (χ3v) is 4.11. The topological polar surface area (TPSA) is 20.2 Å². The molecule has 2 bridgehead atoms. The van der Waals surface area contributed by atoms with Crippen molar-refractivity contribution in [3.05, 3.63) is 12.7 Å². The van der Waals surface area contributed by atoms with Crippen molar-refractivity contribution in [2.75, 3.05) is 13.6 Å². The van der Waals surface area contributed by atoms with Gasteiger partial charge in [-0.15, -0.1) is 0 Å². The highest BCUT2D eigenvalue weighted by molar-refractivity contribution is 4.87. The molecule has 0 unspecified atom stereocenters. The van der Waals surface area contributed by atoms with Crippen molar-refractivity contribution < 1.29 is 9.59 Å². The van der Waals surface area contributed by atoms with Crippen LogP contribution < -0.4 is 0 Å². The third kappa shape index (κ3) is 1.32. The van der Waals surface area contributed by atoms with Crippen molar-refractivity contribution in [1.82, 2.24) is 0 Å². The summed E-state index contributed by atoms with van der Waals surface area (Å²) in [5.74, 6) is 0. The van der Waals surface area contributed by atoms with Crippen molar-refractivity contribution in [2.24, 2.45) is 0 Å². The number of likely N-dealkylation sites (N-methyl/N-ethyl adjacent to an activating group) is 1. The lowest BCUT2D eigenvalue weighted by molar-refractivity contribution is -0.944. The molecule has 13 heavy (non-hydrogen) atoms. The van der Waals surface area contributed by atoms with E-state index in [0.717, 1.165) is 23.9 Å². The first-order valence-corrected chi connectivity index (χ1v) is 5.30. The van der Waals surface area contributed by atoms with Crippen LogP contribution >= 0.6 is 0 Å². The van der Waals surface area contributed by atoms with Crippen LogP contribution in [-0.4, -0.2) is 41.4 Å². The number of aliphatic hydroxyl groups excluding tert-OH is 1. The molecule has 2 aliphatic heterocycles. The van der Waals surface area contributed by atoms with Gasteiger partial charge in [0.2, 0.25) is 0 Å². The van der Waals surface area contributed by atoms with Crippen molar-refractivity contribution in [3.63, 3.8) is 0 Å². The predicted molar refractivity (Wildman–Crippen MR) is 53.3 cm³/mol. The quantitative estimate of drug-likeness (QED) is 0.504. The van der Waals surface area contributed by atoms with E-state index in [4.69, 9.17) is 0 Å². The van der Waals surface area contributed by atoms with E-state index < -0.39 is 0 Å². The minimum Gasteiger partial charge on any atom is -0.393 e. The smallest absolute Gasteiger partial charge is 0.0973 e. The van der Waals surface area contributed by atoms with E-state index in [0.29, 0.717) is 12.1 Å². The molecule has 0 amide bonds. The number of aliphatic hydroxyl groups is 1. The Morgan fingerprint density at radius 2 is 1.92 bits per heavy atom. The summed E-state index contributed by atoms with van der Waals surface area (Å²) in [5, 5.41) is 9.65. The molecule has 1 N–H and O–H groups in total. The molecule has 0 aromatic rings. The van der Waals surface area contributed by atoms with Crippen LogP contribution in [0, 0.1) is 0 Å². The van der Waals surface area contributed by atoms with Gasteiger partial charge in [0.1, 0.15) is 0 Å². The summed E-state index contributed by atoms with van der Waals surface area (Å²) in [6.45, 7) is 4.91. The molecule has 2 heterocycles. The molecule has 74 valence electrons. The molecule has 2 saturated heterocycles. The molecule has 2 nitrogen and oxygen atoms in total. The van der Waals surface area contributed by atoms with Crippen LogP contribution in [0.25, 0.3) is 0 Å². The monoisotopic (exact) mass is 182 g/mol. The molecule has 2 atom stereocenters. The first kappa shape index (κ1) is 9.22. The number of hydrogen-bond acceptors (Lipinski definition) is 1. The average Bonchev–Trinajstić information content (AvgIpc) is 2.31. The van der Waals surface area contributed by atoms with Gasteiger partial charge in [0, 0.05) is 25.7 Å². The van der Waals surface area contributed by atoms with Gasteiger partial charge in [0.05, 0.1) is 31.8 Å². The van der Waals surface area contributed by atoms with Gasteiger partial charge in [0.15, 0.2) is 0 Å². The molecule has 0 radical (unpaired) electrons. The largest absolute Gasteiger partial charge is 0.393 e. The van der Waals surface area contributed by atoms with Gasteiger partial charge < -0.3 is 9.59 Å². The molecule has 2 rings (SSSR count). The standard InChI is InChI=1S/C11H20NO/c1-3-6-12(2)9-4-5-10(12)8-11(13)7-9/h3,9-11,13H,1,4-8H2,2H3/q+1/t9-,10-,11?,12?/m0/s1. The second-order valence-corrected chi connectivity index (χ2v) is 4.83. The predicted octanol–water partition coefficient (Wildman–Crippen LogP) is 1.30. The van der Waals surface area contributed by atoms with Crippen LogP contribution in [0.1, 0.15) is 25.7 Å². The molecule has 2 aliphatic rings. The summed E-state index contributed by atoms with van der Waals surface area (Å²) in [5.41, 5.74) is 0.